The molecule has 1 amide bonds. The molecule has 0 aliphatic carbocycles. The molecule has 1 aromatic heterocycles. The van der Waals surface area contributed by atoms with Crippen LogP contribution >= 0.6 is 11.3 Å². The number of carbonyl (C=O) groups excluding carboxylic acids is 1. The first-order valence-electron chi connectivity index (χ1n) is 6.45. The first-order valence-corrected chi connectivity index (χ1v) is 7.27. The summed E-state index contributed by atoms with van der Waals surface area (Å²) >= 11 is 1.39. The van der Waals surface area contributed by atoms with Crippen LogP contribution in [0.4, 0.5) is 13.9 Å². The fourth-order valence-electron chi connectivity index (χ4n) is 1.99. The van der Waals surface area contributed by atoms with Gasteiger partial charge in [-0.2, -0.15) is 0 Å². The number of ether oxygens (including phenoxy) is 1. The van der Waals surface area contributed by atoms with E-state index in [-0.39, 0.29) is 12.5 Å². The van der Waals surface area contributed by atoms with Crippen molar-refractivity contribution < 1.29 is 18.3 Å². The van der Waals surface area contributed by atoms with Crippen LogP contribution in [-0.2, 0) is 16.0 Å². The van der Waals surface area contributed by atoms with Crippen LogP contribution in [0.3, 0.4) is 0 Å². The van der Waals surface area contributed by atoms with Gasteiger partial charge in [0.05, 0.1) is 19.8 Å². The third-order valence-corrected chi connectivity index (χ3v) is 4.10. The summed E-state index contributed by atoms with van der Waals surface area (Å²) in [6, 6.07) is -0.688. The second kappa shape index (κ2) is 7.05. The summed E-state index contributed by atoms with van der Waals surface area (Å²) in [4.78, 5) is 18.7. The van der Waals surface area contributed by atoms with Crippen LogP contribution in [0.15, 0.2) is 6.20 Å². The highest BCUT2D eigenvalue weighted by atomic mass is 32.1. The van der Waals surface area contributed by atoms with Crippen LogP contribution < -0.4 is 5.32 Å². The first-order chi connectivity index (χ1) is 9.60. The molecule has 0 bridgehead atoms. The van der Waals surface area contributed by atoms with Crippen molar-refractivity contribution in [1.82, 2.24) is 9.88 Å². The fraction of sp³-hybridized carbons (Fsp3) is 0.667. The second-order valence-electron chi connectivity index (χ2n) is 4.45. The molecule has 1 unspecified atom stereocenters. The lowest BCUT2D eigenvalue weighted by Gasteiger charge is -2.33. The number of nitrogens with zero attached hydrogens (tertiary/aromatic N) is 2. The van der Waals surface area contributed by atoms with Gasteiger partial charge in [-0.1, -0.05) is 6.92 Å². The molecule has 1 atom stereocenters. The quantitative estimate of drug-likeness (QED) is 0.898. The second-order valence-corrected chi connectivity index (χ2v) is 5.57. The van der Waals surface area contributed by atoms with E-state index in [1.807, 2.05) is 6.92 Å². The minimum absolute atomic E-state index is 0.130. The average molecular weight is 305 g/mol. The van der Waals surface area contributed by atoms with Gasteiger partial charge in [-0.15, -0.1) is 11.3 Å². The molecule has 1 aromatic rings. The number of aryl methyl sites for hydroxylation is 1. The summed E-state index contributed by atoms with van der Waals surface area (Å²) in [5.74, 6) is -0.345. The van der Waals surface area contributed by atoms with Gasteiger partial charge >= 0.3 is 0 Å². The summed E-state index contributed by atoms with van der Waals surface area (Å²) in [5, 5.41) is 3.17. The Kier molecular flexibility index (Phi) is 5.38. The molecule has 1 N–H and O–H groups in total. The van der Waals surface area contributed by atoms with E-state index < -0.39 is 19.0 Å². The maximum absolute atomic E-state index is 12.5. The van der Waals surface area contributed by atoms with Crippen LogP contribution in [0.5, 0.6) is 0 Å². The molecule has 2 rings (SSSR count). The van der Waals surface area contributed by atoms with Gasteiger partial charge in [0.25, 0.3) is 6.43 Å². The Balaban J connectivity index is 1.98. The van der Waals surface area contributed by atoms with Gasteiger partial charge in [-0.05, 0) is 6.42 Å². The minimum Gasteiger partial charge on any atom is -0.378 e. The van der Waals surface area contributed by atoms with E-state index in [4.69, 9.17) is 4.74 Å². The molecular weight excluding hydrogens is 288 g/mol. The summed E-state index contributed by atoms with van der Waals surface area (Å²) < 4.78 is 30.2. The van der Waals surface area contributed by atoms with E-state index in [0.29, 0.717) is 18.3 Å². The average Bonchev–Trinajstić information content (AvgIpc) is 2.86. The lowest BCUT2D eigenvalue weighted by Crippen LogP contribution is -2.53. The Morgan fingerprint density at radius 3 is 3.15 bits per heavy atom. The minimum atomic E-state index is -2.46. The van der Waals surface area contributed by atoms with Crippen molar-refractivity contribution in [1.29, 1.82) is 0 Å². The van der Waals surface area contributed by atoms with Crippen molar-refractivity contribution in [2.24, 2.45) is 0 Å². The molecule has 112 valence electrons. The van der Waals surface area contributed by atoms with Gasteiger partial charge < -0.3 is 10.1 Å². The highest BCUT2D eigenvalue weighted by molar-refractivity contribution is 7.15. The van der Waals surface area contributed by atoms with Crippen LogP contribution in [0.25, 0.3) is 0 Å². The zero-order valence-corrected chi connectivity index (χ0v) is 12.0. The summed E-state index contributed by atoms with van der Waals surface area (Å²) in [5.41, 5.74) is 0. The van der Waals surface area contributed by atoms with E-state index in [1.165, 1.54) is 16.2 Å². The largest absolute Gasteiger partial charge is 0.378 e. The number of amides is 1. The molecule has 8 heteroatoms. The Labute approximate surface area is 119 Å². The SMILES string of the molecule is CCc1cnc(NC(=O)C2COCCN2CC(F)F)s1. The molecule has 0 spiro atoms. The van der Waals surface area contributed by atoms with E-state index in [2.05, 4.69) is 10.3 Å². The monoisotopic (exact) mass is 305 g/mol. The van der Waals surface area contributed by atoms with Crippen LogP contribution in [-0.4, -0.2) is 54.6 Å². The number of halogens is 2. The van der Waals surface area contributed by atoms with E-state index in [0.717, 1.165) is 11.3 Å². The van der Waals surface area contributed by atoms with Crippen molar-refractivity contribution in [3.05, 3.63) is 11.1 Å². The van der Waals surface area contributed by atoms with Crippen molar-refractivity contribution in [2.45, 2.75) is 25.8 Å². The van der Waals surface area contributed by atoms with Gasteiger partial charge in [0.2, 0.25) is 5.91 Å². The maximum atomic E-state index is 12.5. The number of anilines is 1. The van der Waals surface area contributed by atoms with Crippen molar-refractivity contribution in [3.63, 3.8) is 0 Å². The molecule has 1 fully saturated rings. The molecule has 0 radical (unpaired) electrons. The highest BCUT2D eigenvalue weighted by Crippen LogP contribution is 2.19. The smallest absolute Gasteiger partial charge is 0.251 e. The van der Waals surface area contributed by atoms with Crippen LogP contribution in [0.2, 0.25) is 0 Å². The van der Waals surface area contributed by atoms with Gasteiger partial charge in [0, 0.05) is 17.6 Å². The third-order valence-electron chi connectivity index (χ3n) is 3.05. The molecule has 5 nitrogen and oxygen atoms in total. The summed E-state index contributed by atoms with van der Waals surface area (Å²) in [7, 11) is 0. The van der Waals surface area contributed by atoms with Crippen LogP contribution in [0.1, 0.15) is 11.8 Å². The number of morpholine rings is 1. The number of thiazole rings is 1. The summed E-state index contributed by atoms with van der Waals surface area (Å²) in [6.07, 6.45) is 0.0848. The topological polar surface area (TPSA) is 54.5 Å². The zero-order valence-electron chi connectivity index (χ0n) is 11.1. The Hall–Kier alpha value is -1.12. The number of hydrogen-bond donors (Lipinski definition) is 1. The Bertz CT molecular complexity index is 456. The third kappa shape index (κ3) is 3.94. The van der Waals surface area contributed by atoms with Crippen LogP contribution in [0, 0.1) is 0 Å². The Morgan fingerprint density at radius 1 is 1.70 bits per heavy atom. The lowest BCUT2D eigenvalue weighted by atomic mass is 10.2. The molecule has 1 aliphatic heterocycles. The molecule has 1 saturated heterocycles. The van der Waals surface area contributed by atoms with Gasteiger partial charge in [0.15, 0.2) is 5.13 Å². The number of alkyl halides is 2. The van der Waals surface area contributed by atoms with E-state index in [1.54, 1.807) is 6.20 Å². The molecule has 1 aliphatic rings. The molecule has 0 aromatic carbocycles. The van der Waals surface area contributed by atoms with Gasteiger partial charge in [0.1, 0.15) is 6.04 Å². The lowest BCUT2D eigenvalue weighted by molar-refractivity contribution is -0.128. The van der Waals surface area contributed by atoms with Crippen molar-refractivity contribution >= 4 is 22.4 Å². The Morgan fingerprint density at radius 2 is 2.50 bits per heavy atom. The molecule has 0 saturated carbocycles. The number of carbonyl (C=O) groups is 1. The molecule has 20 heavy (non-hydrogen) atoms. The number of hydrogen-bond acceptors (Lipinski definition) is 5. The zero-order chi connectivity index (χ0) is 14.5. The predicted octanol–water partition coefficient (Wildman–Crippen LogP) is 1.61. The standard InChI is InChI=1S/C12H17F2N3O2S/c1-2-8-5-15-12(20-8)16-11(18)9-7-19-4-3-17(9)6-10(13)14/h5,9-10H,2-4,6-7H2,1H3,(H,15,16,18). The van der Waals surface area contributed by atoms with Crippen molar-refractivity contribution in [3.8, 4) is 0 Å². The first kappa shape index (κ1) is 15.3. The van der Waals surface area contributed by atoms with E-state index >= 15 is 0 Å². The molecular formula is C12H17F2N3O2S. The highest BCUT2D eigenvalue weighted by Gasteiger charge is 2.31. The maximum Gasteiger partial charge on any atom is 0.251 e. The van der Waals surface area contributed by atoms with Crippen molar-refractivity contribution in [2.75, 3.05) is 31.6 Å². The predicted molar refractivity (Wildman–Crippen MR) is 72.3 cm³/mol. The summed E-state index contributed by atoms with van der Waals surface area (Å²) in [6.45, 7) is 2.41. The number of nitrogens with one attached hydrogen (secondary N) is 1. The number of aromatic nitrogens is 1. The van der Waals surface area contributed by atoms with Gasteiger partial charge in [-0.25, -0.2) is 13.8 Å². The normalized spacial score (nSPS) is 20.3. The fourth-order valence-corrected chi connectivity index (χ4v) is 2.75. The van der Waals surface area contributed by atoms with Gasteiger partial charge in [-0.3, -0.25) is 9.69 Å². The van der Waals surface area contributed by atoms with E-state index in [9.17, 15) is 13.6 Å². The molecule has 2 heterocycles. The number of rotatable bonds is 5.